The number of ether oxygens (including phenoxy) is 3. The van der Waals surface area contributed by atoms with E-state index in [1.54, 1.807) is 24.3 Å². The van der Waals surface area contributed by atoms with Gasteiger partial charge in [0.05, 0.1) is 18.8 Å². The molecule has 0 heterocycles. The van der Waals surface area contributed by atoms with Gasteiger partial charge in [-0.3, -0.25) is 0 Å². The van der Waals surface area contributed by atoms with Crippen LogP contribution >= 0.6 is 0 Å². The summed E-state index contributed by atoms with van der Waals surface area (Å²) in [4.78, 5) is 12.5. The summed E-state index contributed by atoms with van der Waals surface area (Å²) >= 11 is 0. The first-order valence-corrected chi connectivity index (χ1v) is 21.5. The molecule has 2 rings (SSSR count). The zero-order valence-corrected chi connectivity index (χ0v) is 27.4. The minimum atomic E-state index is -1.53. The Hall–Kier alpha value is -2.10. The van der Waals surface area contributed by atoms with Crippen LogP contribution in [-0.4, -0.2) is 35.8 Å². The monoisotopic (exact) mass is 572 g/mol. The molecule has 0 aliphatic rings. The summed E-state index contributed by atoms with van der Waals surface area (Å²) in [6.07, 6.45) is 12.1. The first kappa shape index (κ1) is 33.1. The third kappa shape index (κ3) is 15.3. The van der Waals surface area contributed by atoms with Gasteiger partial charge in [-0.1, -0.05) is 58.3 Å². The maximum atomic E-state index is 12.5. The predicted octanol–water partition coefficient (Wildman–Crippen LogP) is 9.64. The average molecular weight is 573 g/mol. The van der Waals surface area contributed by atoms with Gasteiger partial charge in [0.2, 0.25) is 0 Å². The van der Waals surface area contributed by atoms with Crippen LogP contribution in [0.3, 0.4) is 0 Å². The van der Waals surface area contributed by atoms with Crippen molar-refractivity contribution in [1.82, 2.24) is 0 Å². The fraction of sp³-hybridized carbons (Fsp3) is 0.594. The third-order valence-corrected chi connectivity index (χ3v) is 12.6. The molecule has 0 aliphatic carbocycles. The molecule has 0 aromatic heterocycles. The van der Waals surface area contributed by atoms with Crippen LogP contribution in [0.5, 0.6) is 17.2 Å². The number of hydrogen-bond donors (Lipinski definition) is 0. The number of unbranched alkanes of at least 4 members (excludes halogenated alkanes) is 8. The maximum Gasteiger partial charge on any atom is 0.343 e. The number of benzene rings is 2. The van der Waals surface area contributed by atoms with Gasteiger partial charge in [-0.15, -0.1) is 0 Å². The van der Waals surface area contributed by atoms with E-state index in [1.807, 2.05) is 24.3 Å². The van der Waals surface area contributed by atoms with E-state index >= 15 is 0 Å². The topological polar surface area (TPSA) is 54.0 Å². The Labute approximate surface area is 239 Å². The van der Waals surface area contributed by atoms with Crippen molar-refractivity contribution >= 4 is 22.6 Å². The van der Waals surface area contributed by atoms with Gasteiger partial charge in [0, 0.05) is 0 Å². The fourth-order valence-electron chi connectivity index (χ4n) is 4.61. The summed E-state index contributed by atoms with van der Waals surface area (Å²) in [5.74, 6) is 1.69. The van der Waals surface area contributed by atoms with Gasteiger partial charge in [-0.2, -0.15) is 0 Å². The maximum absolute atomic E-state index is 12.5. The number of carbonyl (C=O) groups excluding carboxylic acids is 1. The molecule has 0 amide bonds. The van der Waals surface area contributed by atoms with Crippen molar-refractivity contribution in [3.05, 3.63) is 54.1 Å². The molecule has 0 spiro atoms. The van der Waals surface area contributed by atoms with Crippen molar-refractivity contribution in [2.75, 3.05) is 13.2 Å². The van der Waals surface area contributed by atoms with Gasteiger partial charge in [-0.25, -0.2) is 4.79 Å². The Morgan fingerprint density at radius 3 is 1.62 bits per heavy atom. The molecule has 218 valence electrons. The zero-order chi connectivity index (χ0) is 28.6. The number of carbonyl (C=O) groups is 1. The highest BCUT2D eigenvalue weighted by Gasteiger charge is 2.28. The van der Waals surface area contributed by atoms with Crippen molar-refractivity contribution < 1.29 is 23.1 Å². The zero-order valence-electron chi connectivity index (χ0n) is 25.4. The molecule has 0 unspecified atom stereocenters. The Kier molecular flexibility index (Phi) is 14.9. The average Bonchev–Trinajstić information content (AvgIpc) is 2.87. The van der Waals surface area contributed by atoms with Crippen LogP contribution in [0.4, 0.5) is 0 Å². The Balaban J connectivity index is 1.61. The van der Waals surface area contributed by atoms with Crippen molar-refractivity contribution in [1.29, 1.82) is 0 Å². The van der Waals surface area contributed by atoms with Crippen LogP contribution in [0.1, 0.15) is 81.5 Å². The lowest BCUT2D eigenvalue weighted by atomic mass is 10.1. The molecule has 0 radical (unpaired) electrons. The smallest absolute Gasteiger partial charge is 0.343 e. The highest BCUT2D eigenvalue weighted by Crippen LogP contribution is 2.22. The molecule has 7 heteroatoms. The summed E-state index contributed by atoms with van der Waals surface area (Å²) in [7, 11) is -2.97. The molecule has 0 bridgehead atoms. The molecule has 0 saturated carbocycles. The van der Waals surface area contributed by atoms with Crippen LogP contribution in [0, 0.1) is 0 Å². The largest absolute Gasteiger partial charge is 0.494 e. The second kappa shape index (κ2) is 17.6. The first-order chi connectivity index (χ1) is 18.6. The molecule has 5 nitrogen and oxygen atoms in total. The molecule has 39 heavy (non-hydrogen) atoms. The van der Waals surface area contributed by atoms with Crippen LogP contribution in [0.25, 0.3) is 0 Å². The molecular weight excluding hydrogens is 521 g/mol. The van der Waals surface area contributed by atoms with Crippen molar-refractivity contribution in [2.45, 2.75) is 110 Å². The SMILES string of the molecule is CCCCCCCCOc1ccc(OC(=O)c2ccc(OCCCCCC[Si](C)(C)O[Si](C)(C)C)cc2)cc1. The Morgan fingerprint density at radius 2 is 1.08 bits per heavy atom. The minimum absolute atomic E-state index is 0.383. The molecule has 0 fully saturated rings. The van der Waals surface area contributed by atoms with Crippen LogP contribution in [0.15, 0.2) is 48.5 Å². The van der Waals surface area contributed by atoms with Gasteiger partial charge in [0.25, 0.3) is 0 Å². The molecule has 2 aromatic rings. The van der Waals surface area contributed by atoms with Crippen molar-refractivity contribution in [3.8, 4) is 17.2 Å². The van der Waals surface area contributed by atoms with E-state index in [2.05, 4.69) is 39.7 Å². The summed E-state index contributed by atoms with van der Waals surface area (Å²) in [6.45, 7) is 15.2. The Bertz CT molecular complexity index is 937. The van der Waals surface area contributed by atoms with E-state index in [1.165, 1.54) is 51.0 Å². The van der Waals surface area contributed by atoms with Crippen LogP contribution < -0.4 is 14.2 Å². The van der Waals surface area contributed by atoms with Gasteiger partial charge in [0.15, 0.2) is 16.6 Å². The second-order valence-corrected chi connectivity index (χ2v) is 21.0. The van der Waals surface area contributed by atoms with E-state index in [0.717, 1.165) is 30.8 Å². The Morgan fingerprint density at radius 1 is 0.615 bits per heavy atom. The predicted molar refractivity (Wildman–Crippen MR) is 167 cm³/mol. The third-order valence-electron chi connectivity index (χ3n) is 6.42. The van der Waals surface area contributed by atoms with E-state index in [0.29, 0.717) is 24.5 Å². The van der Waals surface area contributed by atoms with E-state index in [-0.39, 0.29) is 5.97 Å². The highest BCUT2D eigenvalue weighted by atomic mass is 28.4. The minimum Gasteiger partial charge on any atom is -0.494 e. The quantitative estimate of drug-likeness (QED) is 0.0684. The van der Waals surface area contributed by atoms with E-state index in [9.17, 15) is 4.79 Å². The van der Waals surface area contributed by atoms with E-state index in [4.69, 9.17) is 18.3 Å². The lowest BCUT2D eigenvalue weighted by Gasteiger charge is -2.31. The molecule has 0 saturated heterocycles. The fourth-order valence-corrected chi connectivity index (χ4v) is 12.7. The first-order valence-electron chi connectivity index (χ1n) is 15.0. The summed E-state index contributed by atoms with van der Waals surface area (Å²) in [6, 6.07) is 15.6. The van der Waals surface area contributed by atoms with Crippen LogP contribution in [-0.2, 0) is 4.12 Å². The molecule has 0 N–H and O–H groups in total. The molecule has 0 aliphatic heterocycles. The number of rotatable bonds is 20. The molecule has 2 aromatic carbocycles. The lowest BCUT2D eigenvalue weighted by molar-refractivity contribution is 0.0734. The summed E-state index contributed by atoms with van der Waals surface area (Å²) in [5.41, 5.74) is 0.498. The van der Waals surface area contributed by atoms with Gasteiger partial charge in [-0.05, 0) is 100 Å². The highest BCUT2D eigenvalue weighted by molar-refractivity contribution is 6.84. The summed E-state index contributed by atoms with van der Waals surface area (Å²) in [5, 5.41) is 0. The standard InChI is InChI=1S/C32H52O5Si2/c1-7-8-9-10-11-14-25-35-30-21-23-31(24-22-30)36-32(33)28-17-19-29(20-18-28)34-26-15-12-13-16-27-39(5,6)37-38(2,3)4/h17-24H,7-16,25-27H2,1-6H3. The van der Waals surface area contributed by atoms with Gasteiger partial charge >= 0.3 is 5.97 Å². The van der Waals surface area contributed by atoms with Gasteiger partial charge in [0.1, 0.15) is 17.2 Å². The number of hydrogen-bond acceptors (Lipinski definition) is 5. The normalized spacial score (nSPS) is 11.8. The molecular formula is C32H52O5Si2. The van der Waals surface area contributed by atoms with Gasteiger partial charge < -0.3 is 18.3 Å². The lowest BCUT2D eigenvalue weighted by Crippen LogP contribution is -2.42. The van der Waals surface area contributed by atoms with E-state index < -0.39 is 16.6 Å². The number of esters is 1. The second-order valence-electron chi connectivity index (χ2n) is 12.0. The van der Waals surface area contributed by atoms with Crippen molar-refractivity contribution in [3.63, 3.8) is 0 Å². The summed E-state index contributed by atoms with van der Waals surface area (Å²) < 4.78 is 23.6. The molecule has 0 atom stereocenters. The van der Waals surface area contributed by atoms with Crippen molar-refractivity contribution in [2.24, 2.45) is 0 Å². The van der Waals surface area contributed by atoms with Crippen LogP contribution in [0.2, 0.25) is 38.8 Å².